The molecule has 1 fully saturated rings. The van der Waals surface area contributed by atoms with Gasteiger partial charge in [0, 0.05) is 38.4 Å². The lowest BCUT2D eigenvalue weighted by Crippen LogP contribution is -2.48. The van der Waals surface area contributed by atoms with E-state index in [2.05, 4.69) is 9.80 Å². The van der Waals surface area contributed by atoms with Gasteiger partial charge in [-0.15, -0.1) is 0 Å². The van der Waals surface area contributed by atoms with E-state index in [9.17, 15) is 8.42 Å². The van der Waals surface area contributed by atoms with Gasteiger partial charge in [-0.2, -0.15) is 4.31 Å². The van der Waals surface area contributed by atoms with Crippen LogP contribution in [-0.4, -0.2) is 71.0 Å². The Kier molecular flexibility index (Phi) is 6.36. The maximum Gasteiger partial charge on any atom is 0.243 e. The molecule has 0 N–H and O–H groups in total. The monoisotopic (exact) mass is 389 g/mol. The van der Waals surface area contributed by atoms with Crippen molar-refractivity contribution in [3.05, 3.63) is 54.6 Å². The van der Waals surface area contributed by atoms with Gasteiger partial charge in [-0.05, 0) is 50.5 Å². The number of nitrogens with zero attached hydrogens (tertiary/aromatic N) is 3. The van der Waals surface area contributed by atoms with Crippen LogP contribution in [-0.2, 0) is 10.0 Å². The van der Waals surface area contributed by atoms with E-state index in [0.717, 1.165) is 18.0 Å². The zero-order chi connectivity index (χ0) is 19.3. The van der Waals surface area contributed by atoms with E-state index in [1.165, 1.54) is 0 Å². The predicted octanol–water partition coefficient (Wildman–Crippen LogP) is 2.14. The first-order chi connectivity index (χ1) is 13.0. The van der Waals surface area contributed by atoms with Gasteiger partial charge in [0.05, 0.1) is 4.90 Å². The zero-order valence-corrected chi connectivity index (χ0v) is 16.7. The number of anilines is 1. The Bertz CT molecular complexity index is 815. The summed E-state index contributed by atoms with van der Waals surface area (Å²) in [6.45, 7) is 3.85. The Hall–Kier alpha value is -2.09. The van der Waals surface area contributed by atoms with Crippen molar-refractivity contribution in [3.8, 4) is 5.75 Å². The first kappa shape index (κ1) is 19.7. The van der Waals surface area contributed by atoms with Crippen LogP contribution in [0.1, 0.15) is 0 Å². The number of hydrogen-bond donors (Lipinski definition) is 0. The van der Waals surface area contributed by atoms with Crippen LogP contribution in [0, 0.1) is 0 Å². The Morgan fingerprint density at radius 1 is 0.926 bits per heavy atom. The quantitative estimate of drug-likeness (QED) is 0.726. The van der Waals surface area contributed by atoms with Crippen molar-refractivity contribution >= 4 is 15.7 Å². The number of hydrogen-bond acceptors (Lipinski definition) is 5. The summed E-state index contributed by atoms with van der Waals surface area (Å²) in [6, 6.07) is 16.6. The third-order valence-corrected chi connectivity index (χ3v) is 6.54. The lowest BCUT2D eigenvalue weighted by atomic mass is 10.2. The summed E-state index contributed by atoms with van der Waals surface area (Å²) >= 11 is 0. The summed E-state index contributed by atoms with van der Waals surface area (Å²) in [4.78, 5) is 4.65. The van der Waals surface area contributed by atoms with Crippen molar-refractivity contribution in [2.45, 2.75) is 4.90 Å². The zero-order valence-electron chi connectivity index (χ0n) is 15.9. The molecule has 0 spiro atoms. The third kappa shape index (κ3) is 5.00. The lowest BCUT2D eigenvalue weighted by molar-refractivity contribution is 0.261. The molecule has 1 heterocycles. The molecule has 1 aliphatic heterocycles. The average molecular weight is 390 g/mol. The van der Waals surface area contributed by atoms with Crippen LogP contribution in [0.15, 0.2) is 59.5 Å². The van der Waals surface area contributed by atoms with Crippen LogP contribution in [0.25, 0.3) is 0 Å². The molecule has 1 saturated heterocycles. The summed E-state index contributed by atoms with van der Waals surface area (Å²) in [5, 5.41) is 0. The van der Waals surface area contributed by atoms with Crippen molar-refractivity contribution in [3.63, 3.8) is 0 Å². The fourth-order valence-electron chi connectivity index (χ4n) is 3.03. The van der Waals surface area contributed by atoms with Crippen molar-refractivity contribution in [1.29, 1.82) is 0 Å². The van der Waals surface area contributed by atoms with Gasteiger partial charge < -0.3 is 14.5 Å². The second-order valence-electron chi connectivity index (χ2n) is 6.85. The van der Waals surface area contributed by atoms with E-state index in [0.29, 0.717) is 37.7 Å². The van der Waals surface area contributed by atoms with Gasteiger partial charge in [0.15, 0.2) is 0 Å². The van der Waals surface area contributed by atoms with Gasteiger partial charge in [-0.25, -0.2) is 8.42 Å². The highest BCUT2D eigenvalue weighted by atomic mass is 32.2. The van der Waals surface area contributed by atoms with Crippen LogP contribution in [0.3, 0.4) is 0 Å². The highest BCUT2D eigenvalue weighted by Crippen LogP contribution is 2.23. The molecule has 0 aliphatic carbocycles. The van der Waals surface area contributed by atoms with Crippen LogP contribution in [0.4, 0.5) is 5.69 Å². The van der Waals surface area contributed by atoms with E-state index in [-0.39, 0.29) is 0 Å². The molecule has 1 aliphatic rings. The second-order valence-corrected chi connectivity index (χ2v) is 8.79. The fourth-order valence-corrected chi connectivity index (χ4v) is 4.47. The highest BCUT2D eigenvalue weighted by Gasteiger charge is 2.28. The molecule has 27 heavy (non-hydrogen) atoms. The average Bonchev–Trinajstić information content (AvgIpc) is 2.69. The topological polar surface area (TPSA) is 53.1 Å². The van der Waals surface area contributed by atoms with E-state index in [1.807, 2.05) is 44.4 Å². The summed E-state index contributed by atoms with van der Waals surface area (Å²) < 4.78 is 32.7. The maximum absolute atomic E-state index is 12.7. The number of ether oxygens (including phenoxy) is 1. The Morgan fingerprint density at radius 3 is 2.15 bits per heavy atom. The molecule has 0 bridgehead atoms. The van der Waals surface area contributed by atoms with Crippen molar-refractivity contribution in [2.75, 3.05) is 58.3 Å². The molecule has 2 aromatic carbocycles. The Morgan fingerprint density at radius 2 is 1.56 bits per heavy atom. The predicted molar refractivity (Wildman–Crippen MR) is 108 cm³/mol. The number of rotatable bonds is 7. The van der Waals surface area contributed by atoms with Crippen LogP contribution >= 0.6 is 0 Å². The number of likely N-dealkylation sites (N-methyl/N-ethyl adjacent to an activating group) is 1. The number of benzene rings is 2. The van der Waals surface area contributed by atoms with Crippen LogP contribution in [0.5, 0.6) is 5.75 Å². The molecule has 146 valence electrons. The van der Waals surface area contributed by atoms with Gasteiger partial charge in [0.1, 0.15) is 12.4 Å². The highest BCUT2D eigenvalue weighted by molar-refractivity contribution is 7.89. The summed E-state index contributed by atoms with van der Waals surface area (Å²) in [5.74, 6) is 0.853. The minimum Gasteiger partial charge on any atom is -0.492 e. The normalized spacial score (nSPS) is 15.9. The minimum absolute atomic E-state index is 0.359. The molecule has 0 amide bonds. The third-order valence-electron chi connectivity index (χ3n) is 4.63. The van der Waals surface area contributed by atoms with Crippen molar-refractivity contribution in [2.24, 2.45) is 0 Å². The van der Waals surface area contributed by atoms with Crippen molar-refractivity contribution < 1.29 is 13.2 Å². The van der Waals surface area contributed by atoms with E-state index >= 15 is 0 Å². The maximum atomic E-state index is 12.7. The van der Waals surface area contributed by atoms with Crippen molar-refractivity contribution in [1.82, 2.24) is 9.21 Å². The largest absolute Gasteiger partial charge is 0.492 e. The number of piperazine rings is 1. The van der Waals surface area contributed by atoms with Crippen LogP contribution < -0.4 is 9.64 Å². The summed E-state index contributed by atoms with van der Waals surface area (Å²) in [5.41, 5.74) is 1.09. The molecule has 6 nitrogen and oxygen atoms in total. The van der Waals surface area contributed by atoms with Gasteiger partial charge in [0.25, 0.3) is 0 Å². The summed E-state index contributed by atoms with van der Waals surface area (Å²) in [6.07, 6.45) is 0. The Balaban J connectivity index is 1.56. The molecule has 7 heteroatoms. The molecule has 0 unspecified atom stereocenters. The SMILES string of the molecule is CN(C)CCOc1ccc(N2CCN(S(=O)(=O)c3ccccc3)CC2)cc1. The molecule has 0 saturated carbocycles. The van der Waals surface area contributed by atoms with Gasteiger partial charge in [0.2, 0.25) is 10.0 Å². The lowest BCUT2D eigenvalue weighted by Gasteiger charge is -2.35. The Labute approximate surface area is 162 Å². The first-order valence-electron chi connectivity index (χ1n) is 9.14. The summed E-state index contributed by atoms with van der Waals surface area (Å²) in [7, 11) is 0.627. The number of sulfonamides is 1. The molecule has 3 rings (SSSR count). The molecular weight excluding hydrogens is 362 g/mol. The fraction of sp³-hybridized carbons (Fsp3) is 0.400. The minimum atomic E-state index is -3.41. The van der Waals surface area contributed by atoms with E-state index in [1.54, 1.807) is 28.6 Å². The van der Waals surface area contributed by atoms with E-state index in [4.69, 9.17) is 4.74 Å². The van der Waals surface area contributed by atoms with Gasteiger partial charge in [-0.1, -0.05) is 18.2 Å². The molecular formula is C20H27N3O3S. The smallest absolute Gasteiger partial charge is 0.243 e. The standard InChI is InChI=1S/C20H27N3O3S/c1-21(2)16-17-26-19-10-8-18(9-11-19)22-12-14-23(15-13-22)27(24,25)20-6-4-3-5-7-20/h3-11H,12-17H2,1-2H3. The molecule has 0 atom stereocenters. The van der Waals surface area contributed by atoms with E-state index < -0.39 is 10.0 Å². The molecule has 0 radical (unpaired) electrons. The second kappa shape index (κ2) is 8.73. The molecule has 0 aromatic heterocycles. The first-order valence-corrected chi connectivity index (χ1v) is 10.6. The molecule has 2 aromatic rings. The van der Waals surface area contributed by atoms with Gasteiger partial charge >= 0.3 is 0 Å². The van der Waals surface area contributed by atoms with Crippen LogP contribution in [0.2, 0.25) is 0 Å². The van der Waals surface area contributed by atoms with Gasteiger partial charge in [-0.3, -0.25) is 0 Å².